The summed E-state index contributed by atoms with van der Waals surface area (Å²) in [5, 5.41) is 21.9. The Morgan fingerprint density at radius 2 is 1.77 bits per heavy atom. The van der Waals surface area contributed by atoms with Gasteiger partial charge in [0.15, 0.2) is 0 Å². The lowest BCUT2D eigenvalue weighted by Gasteiger charge is -2.28. The van der Waals surface area contributed by atoms with Crippen molar-refractivity contribution in [1.29, 1.82) is 0 Å². The van der Waals surface area contributed by atoms with Crippen LogP contribution < -0.4 is 19.3 Å². The molecule has 0 aromatic heterocycles. The highest BCUT2D eigenvalue weighted by Gasteiger charge is 2.47. The molecule has 3 aromatic carbocycles. The molecule has 8 nitrogen and oxygen atoms in total. The Morgan fingerprint density at radius 1 is 1.03 bits per heavy atom. The van der Waals surface area contributed by atoms with Gasteiger partial charge in [0.05, 0.1) is 36.6 Å². The van der Waals surface area contributed by atoms with Gasteiger partial charge in [0.2, 0.25) is 0 Å². The van der Waals surface area contributed by atoms with Crippen molar-refractivity contribution < 1.29 is 29.3 Å². The van der Waals surface area contributed by atoms with Crippen LogP contribution in [-0.2, 0) is 9.59 Å². The van der Waals surface area contributed by atoms with Crippen molar-refractivity contribution in [2.45, 2.75) is 6.04 Å². The normalized spacial score (nSPS) is 18.9. The van der Waals surface area contributed by atoms with Crippen molar-refractivity contribution >= 4 is 28.8 Å². The number of anilines is 2. The molecular weight excluding hydrogens is 448 g/mol. The zero-order valence-corrected chi connectivity index (χ0v) is 19.3. The van der Waals surface area contributed by atoms with E-state index in [0.717, 1.165) is 5.69 Å². The number of fused-ring (bicyclic) bond motifs is 1. The number of nitrogens with zero attached hydrogens (tertiary/aromatic N) is 2. The van der Waals surface area contributed by atoms with Crippen molar-refractivity contribution in [2.24, 2.45) is 0 Å². The summed E-state index contributed by atoms with van der Waals surface area (Å²) >= 11 is 0. The number of hydrogen-bond acceptors (Lipinski definition) is 7. The van der Waals surface area contributed by atoms with E-state index < -0.39 is 17.7 Å². The highest BCUT2D eigenvalue weighted by atomic mass is 16.5. The van der Waals surface area contributed by atoms with Crippen molar-refractivity contribution in [3.05, 3.63) is 83.4 Å². The number of Topliss-reactive ketones (excluding diaryl/α,β-unsaturated/α-hetero) is 1. The van der Waals surface area contributed by atoms with E-state index in [0.29, 0.717) is 35.8 Å². The molecule has 35 heavy (non-hydrogen) atoms. The first kappa shape index (κ1) is 22.3. The van der Waals surface area contributed by atoms with Crippen LogP contribution in [0, 0.1) is 0 Å². The molecular formula is C27H24N2O6. The third-order valence-electron chi connectivity index (χ3n) is 6.35. The molecule has 8 heteroatoms. The van der Waals surface area contributed by atoms with Gasteiger partial charge < -0.3 is 24.6 Å². The van der Waals surface area contributed by atoms with Crippen LogP contribution in [0.2, 0.25) is 0 Å². The minimum absolute atomic E-state index is 0.0669. The number of likely N-dealkylation sites (N-methyl/N-ethyl adjacent to an activating group) is 1. The first-order valence-electron chi connectivity index (χ1n) is 11.1. The number of amides is 1. The summed E-state index contributed by atoms with van der Waals surface area (Å²) in [6.07, 6.45) is 0. The zero-order chi connectivity index (χ0) is 24.7. The van der Waals surface area contributed by atoms with E-state index in [1.165, 1.54) is 11.0 Å². The van der Waals surface area contributed by atoms with E-state index in [4.69, 9.17) is 9.47 Å². The molecule has 2 N–H and O–H groups in total. The molecule has 2 aliphatic rings. The van der Waals surface area contributed by atoms with E-state index >= 15 is 0 Å². The van der Waals surface area contributed by atoms with Crippen molar-refractivity contribution in [1.82, 2.24) is 0 Å². The number of hydrogen-bond donors (Lipinski definition) is 2. The predicted molar refractivity (Wildman–Crippen MR) is 131 cm³/mol. The summed E-state index contributed by atoms with van der Waals surface area (Å²) in [4.78, 5) is 29.8. The number of carbonyl (C=O) groups excluding carboxylic acids is 2. The smallest absolute Gasteiger partial charge is 0.300 e. The fraction of sp³-hybridized carbons (Fsp3) is 0.185. The average molecular weight is 472 g/mol. The second kappa shape index (κ2) is 8.72. The highest BCUT2D eigenvalue weighted by molar-refractivity contribution is 6.51. The first-order valence-corrected chi connectivity index (χ1v) is 11.1. The minimum atomic E-state index is -0.959. The summed E-state index contributed by atoms with van der Waals surface area (Å²) in [5.41, 5.74) is 1.84. The number of phenols is 1. The lowest BCUT2D eigenvalue weighted by Crippen LogP contribution is -2.29. The van der Waals surface area contributed by atoms with Gasteiger partial charge >= 0.3 is 0 Å². The number of benzene rings is 3. The van der Waals surface area contributed by atoms with Gasteiger partial charge in [-0.25, -0.2) is 0 Å². The van der Waals surface area contributed by atoms with E-state index in [9.17, 15) is 19.8 Å². The summed E-state index contributed by atoms with van der Waals surface area (Å²) in [7, 11) is 3.46. The van der Waals surface area contributed by atoms with Crippen molar-refractivity contribution in [3.8, 4) is 17.2 Å². The zero-order valence-electron chi connectivity index (χ0n) is 19.3. The monoisotopic (exact) mass is 472 g/mol. The van der Waals surface area contributed by atoms with Gasteiger partial charge in [0, 0.05) is 12.6 Å². The molecule has 3 aromatic rings. The molecule has 0 saturated carbocycles. The number of aromatic hydroxyl groups is 1. The van der Waals surface area contributed by atoms with Crippen molar-refractivity contribution in [3.63, 3.8) is 0 Å². The predicted octanol–water partition coefficient (Wildman–Crippen LogP) is 3.86. The Balaban J connectivity index is 1.70. The highest BCUT2D eigenvalue weighted by Crippen LogP contribution is 2.45. The summed E-state index contributed by atoms with van der Waals surface area (Å²) < 4.78 is 10.9. The molecule has 0 bridgehead atoms. The Bertz CT molecular complexity index is 1350. The van der Waals surface area contributed by atoms with Gasteiger partial charge in [-0.1, -0.05) is 24.3 Å². The van der Waals surface area contributed by atoms with Gasteiger partial charge in [-0.05, 0) is 48.0 Å². The van der Waals surface area contributed by atoms with Crippen LogP contribution >= 0.6 is 0 Å². The molecule has 1 amide bonds. The number of carbonyl (C=O) groups is 2. The summed E-state index contributed by atoms with van der Waals surface area (Å²) in [6, 6.07) is 17.4. The van der Waals surface area contributed by atoms with E-state index in [1.54, 1.807) is 67.8 Å². The largest absolute Gasteiger partial charge is 0.507 e. The molecule has 178 valence electrons. The molecule has 2 aliphatic heterocycles. The Morgan fingerprint density at radius 3 is 2.49 bits per heavy atom. The lowest BCUT2D eigenvalue weighted by atomic mass is 9.94. The molecule has 1 unspecified atom stereocenters. The molecule has 5 rings (SSSR count). The van der Waals surface area contributed by atoms with Crippen LogP contribution in [0.1, 0.15) is 17.2 Å². The Hall–Kier alpha value is -4.46. The number of aliphatic hydroxyl groups excluding tert-OH is 1. The second-order valence-electron chi connectivity index (χ2n) is 8.38. The number of ether oxygens (including phenoxy) is 2. The Labute approximate surface area is 202 Å². The number of rotatable bonds is 4. The third-order valence-corrected chi connectivity index (χ3v) is 6.35. The maximum Gasteiger partial charge on any atom is 0.300 e. The lowest BCUT2D eigenvalue weighted by molar-refractivity contribution is -0.132. The Kier molecular flexibility index (Phi) is 5.56. The van der Waals surface area contributed by atoms with Gasteiger partial charge in [0.1, 0.15) is 29.6 Å². The standard InChI is InChI=1S/C27H24N2O6/c1-28-13-14-35-22-12-9-17(15-20(22)28)25(31)23-24(16-7-10-18(34-2)11-8-16)29(27(33)26(23)32)19-5-3-4-6-21(19)30/h3-12,15,24,30-31H,13-14H2,1-2H3/b25-23-. The first-order chi connectivity index (χ1) is 16.9. The second-order valence-corrected chi connectivity index (χ2v) is 8.38. The van der Waals surface area contributed by atoms with Crippen LogP contribution in [-0.4, -0.2) is 49.2 Å². The number of para-hydroxylation sites is 2. The van der Waals surface area contributed by atoms with Crippen LogP contribution in [0.4, 0.5) is 11.4 Å². The minimum Gasteiger partial charge on any atom is -0.507 e. The molecule has 0 spiro atoms. The summed E-state index contributed by atoms with van der Waals surface area (Å²) in [5.74, 6) is -0.854. The fourth-order valence-electron chi connectivity index (χ4n) is 4.50. The van der Waals surface area contributed by atoms with Gasteiger partial charge in [-0.15, -0.1) is 0 Å². The molecule has 0 radical (unpaired) electrons. The fourth-order valence-corrected chi connectivity index (χ4v) is 4.50. The van der Waals surface area contributed by atoms with E-state index in [1.807, 2.05) is 11.9 Å². The van der Waals surface area contributed by atoms with Crippen LogP contribution in [0.15, 0.2) is 72.3 Å². The number of phenolic OH excluding ortho intramolecular Hbond substituents is 1. The van der Waals surface area contributed by atoms with Gasteiger partial charge in [0.25, 0.3) is 11.7 Å². The number of aliphatic hydroxyl groups is 1. The van der Waals surface area contributed by atoms with Crippen molar-refractivity contribution in [2.75, 3.05) is 37.1 Å². The number of methoxy groups -OCH3 is 1. The van der Waals surface area contributed by atoms with Gasteiger partial charge in [-0.2, -0.15) is 0 Å². The molecule has 0 aliphatic carbocycles. The van der Waals surface area contributed by atoms with Gasteiger partial charge in [-0.3, -0.25) is 14.5 Å². The SMILES string of the molecule is COc1ccc(C2/C(=C(/O)c3ccc4c(c3)N(C)CCO4)C(=O)C(=O)N2c2ccccc2O)cc1. The third kappa shape index (κ3) is 3.73. The topological polar surface area (TPSA) is 99.5 Å². The quantitative estimate of drug-likeness (QED) is 0.338. The molecule has 2 heterocycles. The van der Waals surface area contributed by atoms with Crippen LogP contribution in [0.25, 0.3) is 5.76 Å². The van der Waals surface area contributed by atoms with Crippen LogP contribution in [0.3, 0.4) is 0 Å². The number of ketones is 1. The maximum absolute atomic E-state index is 13.3. The summed E-state index contributed by atoms with van der Waals surface area (Å²) in [6.45, 7) is 1.23. The molecule has 1 atom stereocenters. The maximum atomic E-state index is 13.3. The average Bonchev–Trinajstić information content (AvgIpc) is 3.14. The van der Waals surface area contributed by atoms with Crippen LogP contribution in [0.5, 0.6) is 17.2 Å². The molecule has 1 fully saturated rings. The van der Waals surface area contributed by atoms with E-state index in [-0.39, 0.29) is 22.8 Å². The van der Waals surface area contributed by atoms with E-state index in [2.05, 4.69) is 0 Å². The molecule has 1 saturated heterocycles.